The number of piperazine rings is 1. The van der Waals surface area contributed by atoms with Crippen molar-refractivity contribution in [1.82, 2.24) is 9.80 Å². The number of aliphatic hydroxyl groups excluding tert-OH is 1. The highest BCUT2D eigenvalue weighted by Crippen LogP contribution is 2.46. The van der Waals surface area contributed by atoms with Gasteiger partial charge in [0, 0.05) is 26.2 Å². The highest BCUT2D eigenvalue weighted by molar-refractivity contribution is 7.80. The van der Waals surface area contributed by atoms with Gasteiger partial charge in [0.05, 0.1) is 17.4 Å². The molecule has 1 unspecified atom stereocenters. The van der Waals surface area contributed by atoms with Gasteiger partial charge < -0.3 is 10.0 Å². The van der Waals surface area contributed by atoms with Gasteiger partial charge in [0.15, 0.2) is 0 Å². The summed E-state index contributed by atoms with van der Waals surface area (Å²) in [5, 5.41) is 9.48. The van der Waals surface area contributed by atoms with E-state index in [1.54, 1.807) is 0 Å². The van der Waals surface area contributed by atoms with Crippen molar-refractivity contribution in [2.75, 3.05) is 32.8 Å². The average Bonchev–Trinajstić information content (AvgIpc) is 3.09. The van der Waals surface area contributed by atoms with Crippen LogP contribution >= 0.6 is 12.6 Å². The average molecular weight is 244 g/mol. The maximum atomic E-state index is 12.1. The van der Waals surface area contributed by atoms with Crippen molar-refractivity contribution in [3.63, 3.8) is 0 Å². The van der Waals surface area contributed by atoms with Gasteiger partial charge in [-0.05, 0) is 19.8 Å². The van der Waals surface area contributed by atoms with Crippen molar-refractivity contribution in [2.45, 2.75) is 25.1 Å². The number of carbonyl (C=O) groups excluding carboxylic acids is 1. The third-order valence-corrected chi connectivity index (χ3v) is 4.07. The van der Waals surface area contributed by atoms with E-state index in [-0.39, 0.29) is 17.9 Å². The van der Waals surface area contributed by atoms with Gasteiger partial charge in [-0.25, -0.2) is 0 Å². The monoisotopic (exact) mass is 244 g/mol. The van der Waals surface area contributed by atoms with Crippen LogP contribution in [-0.4, -0.2) is 59.0 Å². The molecule has 1 N–H and O–H groups in total. The zero-order chi connectivity index (χ0) is 11.8. The Morgan fingerprint density at radius 1 is 1.38 bits per heavy atom. The summed E-state index contributed by atoms with van der Waals surface area (Å²) in [6, 6.07) is 0. The van der Waals surface area contributed by atoms with E-state index in [1.165, 1.54) is 0 Å². The zero-order valence-corrected chi connectivity index (χ0v) is 10.6. The Labute approximate surface area is 102 Å². The molecule has 1 saturated heterocycles. The third-order valence-electron chi connectivity index (χ3n) is 3.74. The van der Waals surface area contributed by atoms with E-state index < -0.39 is 5.41 Å². The van der Waals surface area contributed by atoms with Crippen LogP contribution in [0.1, 0.15) is 19.8 Å². The van der Waals surface area contributed by atoms with Crippen LogP contribution in [0.4, 0.5) is 0 Å². The molecule has 2 aliphatic rings. The van der Waals surface area contributed by atoms with E-state index >= 15 is 0 Å². The Morgan fingerprint density at radius 3 is 2.31 bits per heavy atom. The minimum atomic E-state index is -0.408. The van der Waals surface area contributed by atoms with Crippen LogP contribution in [0.2, 0.25) is 0 Å². The molecule has 0 aromatic heterocycles. The highest BCUT2D eigenvalue weighted by atomic mass is 32.1. The van der Waals surface area contributed by atoms with E-state index in [1.807, 2.05) is 4.90 Å². The van der Waals surface area contributed by atoms with Crippen molar-refractivity contribution in [3.05, 3.63) is 0 Å². The fourth-order valence-corrected chi connectivity index (χ4v) is 2.46. The molecule has 0 bridgehead atoms. The SMILES string of the molecule is CC(S)N1CCN(C(=O)C2(CO)CC2)CC1. The number of amides is 1. The summed E-state index contributed by atoms with van der Waals surface area (Å²) in [6.07, 6.45) is 1.71. The van der Waals surface area contributed by atoms with E-state index in [4.69, 9.17) is 0 Å². The van der Waals surface area contributed by atoms with E-state index in [0.717, 1.165) is 39.0 Å². The van der Waals surface area contributed by atoms with Crippen molar-refractivity contribution < 1.29 is 9.90 Å². The first kappa shape index (κ1) is 12.2. The van der Waals surface area contributed by atoms with Crippen LogP contribution in [0.15, 0.2) is 0 Å². The number of thiol groups is 1. The second-order valence-corrected chi connectivity index (χ2v) is 5.65. The largest absolute Gasteiger partial charge is 0.395 e. The van der Waals surface area contributed by atoms with E-state index in [2.05, 4.69) is 24.5 Å². The molecule has 0 radical (unpaired) electrons. The number of hydrogen-bond acceptors (Lipinski definition) is 4. The number of nitrogens with zero attached hydrogens (tertiary/aromatic N) is 2. The van der Waals surface area contributed by atoms with E-state index in [9.17, 15) is 9.90 Å². The van der Waals surface area contributed by atoms with Gasteiger partial charge in [-0.1, -0.05) is 0 Å². The molecular weight excluding hydrogens is 224 g/mol. The van der Waals surface area contributed by atoms with Crippen LogP contribution in [0.3, 0.4) is 0 Å². The first-order chi connectivity index (χ1) is 7.59. The molecule has 0 aromatic carbocycles. The lowest BCUT2D eigenvalue weighted by Gasteiger charge is -2.37. The molecule has 1 aliphatic heterocycles. The maximum Gasteiger partial charge on any atom is 0.231 e. The summed E-state index contributed by atoms with van der Waals surface area (Å²) >= 11 is 4.39. The molecule has 1 aliphatic carbocycles. The van der Waals surface area contributed by atoms with Gasteiger partial charge in [0.2, 0.25) is 5.91 Å². The van der Waals surface area contributed by atoms with Gasteiger partial charge in [-0.15, -0.1) is 0 Å². The van der Waals surface area contributed by atoms with Gasteiger partial charge >= 0.3 is 0 Å². The molecule has 92 valence electrons. The fourth-order valence-electron chi connectivity index (χ4n) is 2.22. The topological polar surface area (TPSA) is 43.8 Å². The predicted octanol–water partition coefficient (Wildman–Crippen LogP) is 0.179. The van der Waals surface area contributed by atoms with Gasteiger partial charge in [-0.3, -0.25) is 9.69 Å². The lowest BCUT2D eigenvalue weighted by molar-refractivity contribution is -0.140. The summed E-state index contributed by atoms with van der Waals surface area (Å²) in [7, 11) is 0. The summed E-state index contributed by atoms with van der Waals surface area (Å²) in [4.78, 5) is 16.3. The zero-order valence-electron chi connectivity index (χ0n) is 9.72. The van der Waals surface area contributed by atoms with Gasteiger partial charge in [0.1, 0.15) is 0 Å². The first-order valence-corrected chi connectivity index (χ1v) is 6.43. The second-order valence-electron chi connectivity index (χ2n) is 4.90. The van der Waals surface area contributed by atoms with Crippen molar-refractivity contribution in [3.8, 4) is 0 Å². The minimum Gasteiger partial charge on any atom is -0.395 e. The standard InChI is InChI=1S/C11H20N2O2S/c1-9(16)12-4-6-13(7-5-12)10(15)11(8-14)2-3-11/h9,14,16H,2-8H2,1H3. The Bertz CT molecular complexity index is 271. The molecule has 0 spiro atoms. The van der Waals surface area contributed by atoms with Gasteiger partial charge in [-0.2, -0.15) is 12.6 Å². The number of carbonyl (C=O) groups is 1. The van der Waals surface area contributed by atoms with Gasteiger partial charge in [0.25, 0.3) is 0 Å². The van der Waals surface area contributed by atoms with Crippen molar-refractivity contribution in [1.29, 1.82) is 0 Å². The molecular formula is C11H20N2O2S. The van der Waals surface area contributed by atoms with Crippen LogP contribution in [-0.2, 0) is 4.79 Å². The van der Waals surface area contributed by atoms with Crippen LogP contribution in [0.25, 0.3) is 0 Å². The summed E-state index contributed by atoms with van der Waals surface area (Å²) in [5.74, 6) is 0.154. The first-order valence-electron chi connectivity index (χ1n) is 5.91. The smallest absolute Gasteiger partial charge is 0.231 e. The lowest BCUT2D eigenvalue weighted by Crippen LogP contribution is -2.52. The summed E-state index contributed by atoms with van der Waals surface area (Å²) in [5.41, 5.74) is -0.408. The Balaban J connectivity index is 1.87. The third kappa shape index (κ3) is 2.21. The normalized spacial score (nSPS) is 26.6. The van der Waals surface area contributed by atoms with Crippen LogP contribution in [0.5, 0.6) is 0 Å². The number of aliphatic hydroxyl groups is 1. The van der Waals surface area contributed by atoms with Crippen molar-refractivity contribution >= 4 is 18.5 Å². The maximum absolute atomic E-state index is 12.1. The Kier molecular flexibility index (Phi) is 3.47. The van der Waals surface area contributed by atoms with Crippen LogP contribution in [0, 0.1) is 5.41 Å². The summed E-state index contributed by atoms with van der Waals surface area (Å²) in [6.45, 7) is 5.37. The Morgan fingerprint density at radius 2 is 1.94 bits per heavy atom. The lowest BCUT2D eigenvalue weighted by atomic mass is 10.1. The predicted molar refractivity (Wildman–Crippen MR) is 65.4 cm³/mol. The quantitative estimate of drug-likeness (QED) is 0.696. The second kappa shape index (κ2) is 4.55. The molecule has 5 heteroatoms. The molecule has 2 fully saturated rings. The minimum absolute atomic E-state index is 0.00895. The molecule has 4 nitrogen and oxygen atoms in total. The number of rotatable bonds is 3. The molecule has 1 heterocycles. The molecule has 1 amide bonds. The molecule has 2 rings (SSSR count). The fraction of sp³-hybridized carbons (Fsp3) is 0.909. The van der Waals surface area contributed by atoms with Crippen LogP contribution < -0.4 is 0 Å². The molecule has 1 saturated carbocycles. The molecule has 16 heavy (non-hydrogen) atoms. The van der Waals surface area contributed by atoms with E-state index in [0.29, 0.717) is 0 Å². The highest BCUT2D eigenvalue weighted by Gasteiger charge is 2.51. The number of hydrogen-bond donors (Lipinski definition) is 2. The molecule has 0 aromatic rings. The molecule has 1 atom stereocenters. The summed E-state index contributed by atoms with van der Waals surface area (Å²) < 4.78 is 0. The van der Waals surface area contributed by atoms with Crippen molar-refractivity contribution in [2.24, 2.45) is 5.41 Å². The Hall–Kier alpha value is -0.260.